The number of thioether (sulfide) groups is 2. The molecule has 1 saturated heterocycles. The molecule has 0 atom stereocenters. The zero-order valence-electron chi connectivity index (χ0n) is 13.9. The zero-order valence-corrected chi connectivity index (χ0v) is 16.4. The molecule has 8 heteroatoms. The molecule has 1 fully saturated rings. The Balaban J connectivity index is 1.71. The first-order chi connectivity index (χ1) is 12.5. The predicted molar refractivity (Wildman–Crippen MR) is 110 cm³/mol. The lowest BCUT2D eigenvalue weighted by atomic mass is 10.2. The van der Waals surface area contributed by atoms with Gasteiger partial charge in [0.1, 0.15) is 16.4 Å². The summed E-state index contributed by atoms with van der Waals surface area (Å²) in [6, 6.07) is 12.3. The number of phenols is 1. The zero-order chi connectivity index (χ0) is 18.4. The number of anilines is 2. The number of ether oxygens (including phenoxy) is 1. The van der Waals surface area contributed by atoms with Crippen molar-refractivity contribution in [3.63, 3.8) is 0 Å². The highest BCUT2D eigenvalue weighted by Gasteiger charge is 2.39. The predicted octanol–water partition coefficient (Wildman–Crippen LogP) is 4.18. The summed E-state index contributed by atoms with van der Waals surface area (Å²) in [5, 5.41) is 10.3. The summed E-state index contributed by atoms with van der Waals surface area (Å²) < 4.78 is 5.78. The molecular weight excluding hydrogens is 388 g/mol. The number of hydrogen-bond acceptors (Lipinski definition) is 7. The number of rotatable bonds is 2. The molecule has 2 aromatic rings. The van der Waals surface area contributed by atoms with Gasteiger partial charge in [0, 0.05) is 18.0 Å². The van der Waals surface area contributed by atoms with Crippen LogP contribution in [0.5, 0.6) is 11.5 Å². The van der Waals surface area contributed by atoms with Crippen LogP contribution < -0.4 is 14.5 Å². The van der Waals surface area contributed by atoms with Crippen LogP contribution in [0.25, 0.3) is 0 Å². The van der Waals surface area contributed by atoms with Crippen molar-refractivity contribution in [3.8, 4) is 11.5 Å². The van der Waals surface area contributed by atoms with Gasteiger partial charge in [-0.3, -0.25) is 9.69 Å². The van der Waals surface area contributed by atoms with E-state index >= 15 is 0 Å². The number of carbonyl (C=O) groups excluding carboxylic acids is 1. The second-order valence-electron chi connectivity index (χ2n) is 5.65. The molecule has 4 rings (SSSR count). The second-order valence-corrected chi connectivity index (χ2v) is 8.33. The van der Waals surface area contributed by atoms with Gasteiger partial charge in [-0.15, -0.1) is 0 Å². The molecule has 2 aromatic carbocycles. The maximum absolute atomic E-state index is 13.0. The Kier molecular flexibility index (Phi) is 4.34. The molecule has 0 bridgehead atoms. The van der Waals surface area contributed by atoms with Crippen molar-refractivity contribution in [2.45, 2.75) is 4.90 Å². The molecule has 5 nitrogen and oxygen atoms in total. The Labute approximate surface area is 164 Å². The number of benzene rings is 2. The Morgan fingerprint density at radius 1 is 1.12 bits per heavy atom. The molecule has 0 radical (unpaired) electrons. The third-order valence-corrected chi connectivity index (χ3v) is 6.84. The third kappa shape index (κ3) is 2.74. The van der Waals surface area contributed by atoms with Gasteiger partial charge in [0.05, 0.1) is 23.5 Å². The fourth-order valence-electron chi connectivity index (χ4n) is 2.77. The van der Waals surface area contributed by atoms with Crippen molar-refractivity contribution in [2.24, 2.45) is 0 Å². The number of carbonyl (C=O) groups is 1. The van der Waals surface area contributed by atoms with Crippen molar-refractivity contribution < 1.29 is 14.6 Å². The molecule has 0 unspecified atom stereocenters. The Morgan fingerprint density at radius 2 is 1.85 bits per heavy atom. The Bertz CT molecular complexity index is 957. The standard InChI is InChI=1S/C18H14N2O3S3/c1-19-13-9-12(23-2)7-8-14(13)25-17(19)15-16(22)20(18(24)26-15)10-3-5-11(21)6-4-10/h3-9,21H,1-2H3/b17-15-. The summed E-state index contributed by atoms with van der Waals surface area (Å²) in [6.07, 6.45) is 0. The lowest BCUT2D eigenvalue weighted by Gasteiger charge is -2.16. The van der Waals surface area contributed by atoms with Crippen molar-refractivity contribution in [1.29, 1.82) is 0 Å². The van der Waals surface area contributed by atoms with Crippen molar-refractivity contribution in [2.75, 3.05) is 24.0 Å². The minimum absolute atomic E-state index is 0.146. The van der Waals surface area contributed by atoms with Crippen LogP contribution in [0.3, 0.4) is 0 Å². The van der Waals surface area contributed by atoms with Crippen molar-refractivity contribution in [3.05, 3.63) is 52.4 Å². The average molecular weight is 403 g/mol. The molecule has 1 amide bonds. The quantitative estimate of drug-likeness (QED) is 0.597. The number of fused-ring (bicyclic) bond motifs is 1. The highest BCUT2D eigenvalue weighted by atomic mass is 32.2. The Morgan fingerprint density at radius 3 is 2.54 bits per heavy atom. The van der Waals surface area contributed by atoms with E-state index in [1.807, 2.05) is 30.1 Å². The molecule has 2 aliphatic rings. The van der Waals surface area contributed by atoms with Gasteiger partial charge in [0.15, 0.2) is 4.32 Å². The van der Waals surface area contributed by atoms with Gasteiger partial charge >= 0.3 is 0 Å². The molecule has 132 valence electrons. The van der Waals surface area contributed by atoms with E-state index < -0.39 is 0 Å². The van der Waals surface area contributed by atoms with Crippen LogP contribution in [0.15, 0.2) is 57.3 Å². The van der Waals surface area contributed by atoms with Gasteiger partial charge in [-0.25, -0.2) is 0 Å². The van der Waals surface area contributed by atoms with Crippen LogP contribution in [0.2, 0.25) is 0 Å². The maximum Gasteiger partial charge on any atom is 0.273 e. The van der Waals surface area contributed by atoms with Gasteiger partial charge in [0.25, 0.3) is 5.91 Å². The molecule has 0 spiro atoms. The van der Waals surface area contributed by atoms with Crippen LogP contribution in [-0.4, -0.2) is 29.5 Å². The number of methoxy groups -OCH3 is 1. The summed E-state index contributed by atoms with van der Waals surface area (Å²) in [4.78, 5) is 18.2. The lowest BCUT2D eigenvalue weighted by molar-refractivity contribution is -0.113. The number of nitrogens with zero attached hydrogens (tertiary/aromatic N) is 2. The van der Waals surface area contributed by atoms with Gasteiger partial charge in [-0.05, 0) is 36.4 Å². The molecule has 2 heterocycles. The molecule has 0 aromatic heterocycles. The highest BCUT2D eigenvalue weighted by molar-refractivity contribution is 8.27. The number of aromatic hydroxyl groups is 1. The number of hydrogen-bond donors (Lipinski definition) is 1. The van der Waals surface area contributed by atoms with Gasteiger partial charge < -0.3 is 14.7 Å². The minimum atomic E-state index is -0.153. The number of amides is 1. The molecule has 2 aliphatic heterocycles. The number of phenolic OH excluding ortho intramolecular Hbond substituents is 1. The van der Waals surface area contributed by atoms with Gasteiger partial charge in [-0.1, -0.05) is 35.7 Å². The smallest absolute Gasteiger partial charge is 0.273 e. The molecule has 26 heavy (non-hydrogen) atoms. The normalized spacial score (nSPS) is 19.3. The Hall–Kier alpha value is -2.16. The average Bonchev–Trinajstić information content (AvgIpc) is 3.12. The van der Waals surface area contributed by atoms with Crippen molar-refractivity contribution in [1.82, 2.24) is 0 Å². The summed E-state index contributed by atoms with van der Waals surface area (Å²) in [5.74, 6) is 0.766. The summed E-state index contributed by atoms with van der Waals surface area (Å²) in [7, 11) is 3.56. The molecule has 1 N–H and O–H groups in total. The van der Waals surface area contributed by atoms with E-state index in [2.05, 4.69) is 0 Å². The molecular formula is C18H14N2O3S3. The largest absolute Gasteiger partial charge is 0.508 e. The molecule has 0 saturated carbocycles. The van der Waals surface area contributed by atoms with E-state index in [9.17, 15) is 9.90 Å². The maximum atomic E-state index is 13.0. The van der Waals surface area contributed by atoms with E-state index in [4.69, 9.17) is 17.0 Å². The lowest BCUT2D eigenvalue weighted by Crippen LogP contribution is -2.28. The summed E-state index contributed by atoms with van der Waals surface area (Å²) >= 11 is 8.27. The fourth-order valence-corrected chi connectivity index (χ4v) is 5.38. The first kappa shape index (κ1) is 17.3. The van der Waals surface area contributed by atoms with E-state index in [-0.39, 0.29) is 11.7 Å². The fraction of sp³-hybridized carbons (Fsp3) is 0.111. The highest BCUT2D eigenvalue weighted by Crippen LogP contribution is 2.51. The monoisotopic (exact) mass is 402 g/mol. The van der Waals surface area contributed by atoms with Gasteiger partial charge in [0.2, 0.25) is 0 Å². The van der Waals surface area contributed by atoms with Crippen LogP contribution in [0.4, 0.5) is 11.4 Å². The van der Waals surface area contributed by atoms with E-state index in [1.54, 1.807) is 43.1 Å². The van der Waals surface area contributed by atoms with Crippen molar-refractivity contribution >= 4 is 57.3 Å². The minimum Gasteiger partial charge on any atom is -0.508 e. The van der Waals surface area contributed by atoms with Crippen LogP contribution in [-0.2, 0) is 4.79 Å². The van der Waals surface area contributed by atoms with Crippen LogP contribution >= 0.6 is 35.7 Å². The first-order valence-corrected chi connectivity index (χ1v) is 9.73. The topological polar surface area (TPSA) is 53.0 Å². The van der Waals surface area contributed by atoms with Crippen LogP contribution in [0, 0.1) is 0 Å². The van der Waals surface area contributed by atoms with E-state index in [0.717, 1.165) is 21.4 Å². The van der Waals surface area contributed by atoms with E-state index in [1.165, 1.54) is 16.7 Å². The third-order valence-electron chi connectivity index (χ3n) is 4.11. The van der Waals surface area contributed by atoms with E-state index in [0.29, 0.717) is 14.9 Å². The molecule has 0 aliphatic carbocycles. The number of thiocarbonyl (C=S) groups is 1. The summed E-state index contributed by atoms with van der Waals surface area (Å²) in [6.45, 7) is 0. The SMILES string of the molecule is COc1ccc2c(c1)N(C)/C(=C1/SC(=S)N(c3ccc(O)cc3)C1=O)S2. The first-order valence-electron chi connectivity index (χ1n) is 7.69. The van der Waals surface area contributed by atoms with Crippen LogP contribution in [0.1, 0.15) is 0 Å². The van der Waals surface area contributed by atoms with Gasteiger partial charge in [-0.2, -0.15) is 0 Å². The summed E-state index contributed by atoms with van der Waals surface area (Å²) in [5.41, 5.74) is 1.64. The second kappa shape index (κ2) is 6.53.